The molecule has 0 aromatic heterocycles. The summed E-state index contributed by atoms with van der Waals surface area (Å²) in [5.74, 6) is -2.06. The van der Waals surface area contributed by atoms with E-state index in [-0.39, 0.29) is 11.7 Å². The average Bonchev–Trinajstić information content (AvgIpc) is 3.12. The normalized spacial score (nSPS) is 34.0. The van der Waals surface area contributed by atoms with Crippen LogP contribution in [0.1, 0.15) is 24.0 Å². The lowest BCUT2D eigenvalue weighted by Crippen LogP contribution is -2.70. The molecule has 10 heteroatoms. The van der Waals surface area contributed by atoms with Crippen LogP contribution in [0.2, 0.25) is 0 Å². The van der Waals surface area contributed by atoms with Crippen molar-refractivity contribution >= 4 is 11.9 Å². The maximum absolute atomic E-state index is 12.4. The minimum absolute atomic E-state index is 0.126. The third-order valence-electron chi connectivity index (χ3n) is 7.57. The molecule has 1 aromatic rings. The number of aliphatic hydroxyl groups excluding tert-OH is 2. The van der Waals surface area contributed by atoms with Crippen molar-refractivity contribution < 1.29 is 44.2 Å². The summed E-state index contributed by atoms with van der Waals surface area (Å²) in [5, 5.41) is 40.0. The van der Waals surface area contributed by atoms with Gasteiger partial charge in [0.1, 0.15) is 11.5 Å². The van der Waals surface area contributed by atoms with Crippen molar-refractivity contribution in [2.75, 3.05) is 20.7 Å². The predicted molar refractivity (Wildman–Crippen MR) is 107 cm³/mol. The summed E-state index contributed by atoms with van der Waals surface area (Å²) in [7, 11) is 3.42. The number of benzene rings is 1. The van der Waals surface area contributed by atoms with E-state index in [1.165, 1.54) is 7.11 Å². The summed E-state index contributed by atoms with van der Waals surface area (Å²) in [5.41, 5.74) is 0.0769. The smallest absolute Gasteiger partial charge is 0.343 e. The number of allylic oxidation sites excluding steroid dienone is 1. The first kappa shape index (κ1) is 21.2. The Morgan fingerprint density at radius 1 is 1.28 bits per heavy atom. The molecule has 4 aliphatic rings. The second kappa shape index (κ2) is 6.92. The summed E-state index contributed by atoms with van der Waals surface area (Å²) in [4.78, 5) is 25.3. The van der Waals surface area contributed by atoms with E-state index in [9.17, 15) is 24.9 Å². The molecule has 1 spiro atoms. The number of aliphatic hydroxyl groups is 3. The molecule has 1 saturated heterocycles. The minimum atomic E-state index is -2.31. The number of esters is 1. The van der Waals surface area contributed by atoms with Crippen LogP contribution in [0, 0.1) is 5.92 Å². The number of carboxylic acid groups (broad SMARTS) is 1. The van der Waals surface area contributed by atoms with E-state index in [2.05, 4.69) is 0 Å². The van der Waals surface area contributed by atoms with Crippen molar-refractivity contribution in [2.45, 2.75) is 48.7 Å². The van der Waals surface area contributed by atoms with Crippen LogP contribution in [0.15, 0.2) is 24.0 Å². The van der Waals surface area contributed by atoms with Gasteiger partial charge in [0.05, 0.1) is 12.5 Å². The second-order valence-electron chi connectivity index (χ2n) is 8.94. The summed E-state index contributed by atoms with van der Waals surface area (Å²) in [6, 6.07) is 3.70. The van der Waals surface area contributed by atoms with Gasteiger partial charge in [0, 0.05) is 24.4 Å². The number of hydrogen-bond acceptors (Lipinski definition) is 9. The molecule has 4 N–H and O–H groups in total. The third-order valence-corrected chi connectivity index (χ3v) is 7.57. The molecule has 0 saturated carbocycles. The summed E-state index contributed by atoms with van der Waals surface area (Å²) in [6.45, 7) is 0.588. The molecule has 0 radical (unpaired) electrons. The van der Waals surface area contributed by atoms with E-state index < -0.39 is 41.4 Å². The van der Waals surface area contributed by atoms with Gasteiger partial charge in [-0.2, -0.15) is 0 Å². The van der Waals surface area contributed by atoms with Crippen molar-refractivity contribution in [2.24, 2.45) is 5.92 Å². The maximum Gasteiger partial charge on any atom is 0.343 e. The number of ether oxygens (including phenoxy) is 3. The highest BCUT2D eigenvalue weighted by atomic mass is 16.6. The van der Waals surface area contributed by atoms with Gasteiger partial charge in [0.25, 0.3) is 0 Å². The van der Waals surface area contributed by atoms with Gasteiger partial charge < -0.3 is 34.6 Å². The Hall–Kier alpha value is -2.66. The molecule has 1 fully saturated rings. The lowest BCUT2D eigenvalue weighted by Gasteiger charge is -2.60. The van der Waals surface area contributed by atoms with Gasteiger partial charge in [-0.05, 0) is 37.6 Å². The number of rotatable bonds is 5. The molecule has 0 amide bonds. The van der Waals surface area contributed by atoms with Crippen molar-refractivity contribution in [3.8, 4) is 11.5 Å². The molecule has 2 bridgehead atoms. The molecule has 32 heavy (non-hydrogen) atoms. The summed E-state index contributed by atoms with van der Waals surface area (Å²) in [6.07, 6.45) is -2.26. The second-order valence-corrected chi connectivity index (χ2v) is 8.94. The van der Waals surface area contributed by atoms with E-state index in [0.29, 0.717) is 37.3 Å². The number of hydrogen-bond donors (Lipinski definition) is 4. The van der Waals surface area contributed by atoms with Gasteiger partial charge in [-0.3, -0.25) is 4.90 Å². The molecule has 0 unspecified atom stereocenters. The number of methoxy groups -OCH3 is 1. The number of carboxylic acids is 1. The minimum Gasteiger partial charge on any atom is -0.493 e. The van der Waals surface area contributed by atoms with E-state index >= 15 is 0 Å². The Kier molecular flexibility index (Phi) is 4.58. The van der Waals surface area contributed by atoms with Crippen LogP contribution >= 0.6 is 0 Å². The van der Waals surface area contributed by atoms with Gasteiger partial charge in [-0.1, -0.05) is 6.07 Å². The van der Waals surface area contributed by atoms with E-state index in [1.807, 2.05) is 18.0 Å². The first-order valence-electron chi connectivity index (χ1n) is 10.5. The summed E-state index contributed by atoms with van der Waals surface area (Å²) >= 11 is 0. The zero-order chi connectivity index (χ0) is 23.0. The van der Waals surface area contributed by atoms with Crippen LogP contribution in [0.4, 0.5) is 0 Å². The SMILES string of the molecule is COc1ccc2c3c1O[C@H]1C(OC(=O)[C@H](O)[C@@H](O)C(=O)O)=CC[C@H]4[C@@]31CCN(C)[C@@]4(O)C2. The Morgan fingerprint density at radius 3 is 2.72 bits per heavy atom. The standard InChI is InChI=1S/C22H25NO9/c1-23-8-7-21-13-6-5-12(31-20(28)16(25)15(24)19(26)27)18(21)32-17-11(30-2)4-3-10(14(17)21)9-22(13,23)29/h3-5,13,15-16,18,24-25,29H,6-9H2,1-2H3,(H,26,27)/t13-,15+,16+,18-,21-,22+/m0/s1. The zero-order valence-corrected chi connectivity index (χ0v) is 17.6. The maximum atomic E-state index is 12.4. The van der Waals surface area contributed by atoms with E-state index in [4.69, 9.17) is 19.3 Å². The topological polar surface area (TPSA) is 146 Å². The largest absolute Gasteiger partial charge is 0.493 e. The highest BCUT2D eigenvalue weighted by Gasteiger charge is 2.69. The molecule has 172 valence electrons. The van der Waals surface area contributed by atoms with E-state index in [0.717, 1.165) is 11.1 Å². The Labute approximate surface area is 183 Å². The molecule has 5 rings (SSSR count). The monoisotopic (exact) mass is 447 g/mol. The first-order chi connectivity index (χ1) is 15.1. The number of nitrogens with zero attached hydrogens (tertiary/aromatic N) is 1. The van der Waals surface area contributed by atoms with Crippen molar-refractivity contribution in [1.29, 1.82) is 0 Å². The van der Waals surface area contributed by atoms with Gasteiger partial charge >= 0.3 is 11.9 Å². The number of aliphatic carboxylic acids is 1. The van der Waals surface area contributed by atoms with Gasteiger partial charge in [-0.25, -0.2) is 9.59 Å². The number of likely N-dealkylation sites (N-methyl/N-ethyl adjacent to an activating group) is 1. The molecule has 2 aliphatic carbocycles. The van der Waals surface area contributed by atoms with Crippen LogP contribution < -0.4 is 9.47 Å². The number of likely N-dealkylation sites (tertiary alicyclic amines) is 1. The molecular weight excluding hydrogens is 422 g/mol. The van der Waals surface area contributed by atoms with Gasteiger partial charge in [0.2, 0.25) is 0 Å². The zero-order valence-electron chi connectivity index (χ0n) is 17.6. The van der Waals surface area contributed by atoms with Crippen LogP contribution in [-0.4, -0.2) is 82.0 Å². The predicted octanol–water partition coefficient (Wildman–Crippen LogP) is -0.472. The highest BCUT2D eigenvalue weighted by Crippen LogP contribution is 2.65. The molecule has 6 atom stereocenters. The van der Waals surface area contributed by atoms with Crippen LogP contribution in [0.5, 0.6) is 11.5 Å². The van der Waals surface area contributed by atoms with E-state index in [1.54, 1.807) is 12.1 Å². The Morgan fingerprint density at radius 2 is 2.03 bits per heavy atom. The van der Waals surface area contributed by atoms with Crippen molar-refractivity contribution in [3.63, 3.8) is 0 Å². The molecule has 1 aromatic carbocycles. The number of carbonyl (C=O) groups excluding carboxylic acids is 1. The Bertz CT molecular complexity index is 1040. The molecular formula is C22H25NO9. The fourth-order valence-electron chi connectivity index (χ4n) is 6.03. The molecule has 10 nitrogen and oxygen atoms in total. The van der Waals surface area contributed by atoms with Gasteiger partial charge in [-0.15, -0.1) is 0 Å². The number of carbonyl (C=O) groups is 2. The number of piperidine rings is 1. The quantitative estimate of drug-likeness (QED) is 0.437. The first-order valence-corrected chi connectivity index (χ1v) is 10.5. The van der Waals surface area contributed by atoms with Crippen LogP contribution in [-0.2, 0) is 26.2 Å². The third kappa shape index (κ3) is 2.54. The lowest BCUT2D eigenvalue weighted by atomic mass is 9.51. The van der Waals surface area contributed by atoms with Crippen LogP contribution in [0.25, 0.3) is 0 Å². The summed E-state index contributed by atoms with van der Waals surface area (Å²) < 4.78 is 17.2. The fourth-order valence-corrected chi connectivity index (χ4v) is 6.03. The lowest BCUT2D eigenvalue weighted by molar-refractivity contribution is -0.205. The highest BCUT2D eigenvalue weighted by molar-refractivity contribution is 5.84. The van der Waals surface area contributed by atoms with Crippen molar-refractivity contribution in [3.05, 3.63) is 35.1 Å². The Balaban J connectivity index is 1.59. The van der Waals surface area contributed by atoms with Crippen molar-refractivity contribution in [1.82, 2.24) is 4.90 Å². The van der Waals surface area contributed by atoms with Gasteiger partial charge in [0.15, 0.2) is 29.8 Å². The average molecular weight is 447 g/mol. The molecule has 2 heterocycles. The van der Waals surface area contributed by atoms with Crippen LogP contribution in [0.3, 0.4) is 0 Å². The molecule has 2 aliphatic heterocycles. The fraction of sp³-hybridized carbons (Fsp3) is 0.545.